The third-order valence-electron chi connectivity index (χ3n) is 6.30. The van der Waals surface area contributed by atoms with Crippen molar-refractivity contribution in [2.24, 2.45) is 17.3 Å². The van der Waals surface area contributed by atoms with Crippen molar-refractivity contribution in [3.63, 3.8) is 0 Å². The molecule has 0 aromatic carbocycles. The molecular formula is C18H30N2O2. The number of likely N-dealkylation sites (tertiary alicyclic amines) is 2. The predicted molar refractivity (Wildman–Crippen MR) is 85.5 cm³/mol. The molecule has 0 aromatic heterocycles. The number of carbonyl (C=O) groups excluding carboxylic acids is 1. The van der Waals surface area contributed by atoms with E-state index >= 15 is 0 Å². The molecule has 2 heterocycles. The number of likely N-dealkylation sites (N-methyl/N-ethyl adjacent to an activating group) is 1. The minimum Gasteiger partial charge on any atom is -0.380 e. The average Bonchev–Trinajstić information content (AvgIpc) is 3.40. The second-order valence-corrected chi connectivity index (χ2v) is 8.35. The summed E-state index contributed by atoms with van der Waals surface area (Å²) in [5.74, 6) is 1.67. The number of ether oxygens (including phenoxy) is 1. The van der Waals surface area contributed by atoms with Gasteiger partial charge in [-0.25, -0.2) is 0 Å². The van der Waals surface area contributed by atoms with E-state index in [1.807, 2.05) is 0 Å². The Balaban J connectivity index is 1.26. The number of carbonyl (C=O) groups is 1. The lowest BCUT2D eigenvalue weighted by atomic mass is 9.76. The Labute approximate surface area is 134 Å². The third-order valence-corrected chi connectivity index (χ3v) is 6.30. The molecule has 1 atom stereocenters. The van der Waals surface area contributed by atoms with E-state index in [9.17, 15) is 4.79 Å². The van der Waals surface area contributed by atoms with E-state index < -0.39 is 0 Å². The van der Waals surface area contributed by atoms with Crippen LogP contribution in [0, 0.1) is 17.3 Å². The first-order chi connectivity index (χ1) is 10.7. The summed E-state index contributed by atoms with van der Waals surface area (Å²) in [6, 6.07) is 0.587. The lowest BCUT2D eigenvalue weighted by molar-refractivity contribution is -0.134. The molecular weight excluding hydrogens is 276 g/mol. The summed E-state index contributed by atoms with van der Waals surface area (Å²) in [5.41, 5.74) is 0.447. The molecule has 4 nitrogen and oxygen atoms in total. The topological polar surface area (TPSA) is 32.8 Å². The number of nitrogens with zero attached hydrogens (tertiary/aromatic N) is 2. The first-order valence-corrected chi connectivity index (χ1v) is 9.22. The van der Waals surface area contributed by atoms with Crippen molar-refractivity contribution in [3.8, 4) is 0 Å². The van der Waals surface area contributed by atoms with E-state index in [0.717, 1.165) is 45.1 Å². The van der Waals surface area contributed by atoms with Gasteiger partial charge in [0.2, 0.25) is 5.91 Å². The molecule has 0 radical (unpaired) electrons. The van der Waals surface area contributed by atoms with Gasteiger partial charge in [-0.2, -0.15) is 0 Å². The number of hydrogen-bond acceptors (Lipinski definition) is 3. The smallest absolute Gasteiger partial charge is 0.225 e. The first-order valence-electron chi connectivity index (χ1n) is 9.22. The number of piperidine rings is 1. The quantitative estimate of drug-likeness (QED) is 0.780. The summed E-state index contributed by atoms with van der Waals surface area (Å²) < 4.78 is 5.94. The second-order valence-electron chi connectivity index (χ2n) is 8.35. The fourth-order valence-corrected chi connectivity index (χ4v) is 4.37. The Morgan fingerprint density at radius 2 is 1.86 bits per heavy atom. The number of amides is 1. The Hall–Kier alpha value is -0.610. The monoisotopic (exact) mass is 306 g/mol. The lowest BCUT2D eigenvalue weighted by Gasteiger charge is -2.39. The van der Waals surface area contributed by atoms with Crippen molar-refractivity contribution in [1.29, 1.82) is 0 Å². The maximum atomic E-state index is 12.2. The van der Waals surface area contributed by atoms with E-state index in [1.54, 1.807) is 0 Å². The van der Waals surface area contributed by atoms with Crippen LogP contribution in [0.2, 0.25) is 0 Å². The molecule has 0 aromatic rings. The van der Waals surface area contributed by atoms with Gasteiger partial charge in [-0.15, -0.1) is 0 Å². The van der Waals surface area contributed by atoms with E-state index in [1.165, 1.54) is 38.6 Å². The fraction of sp³-hybridized carbons (Fsp3) is 0.944. The zero-order chi connectivity index (χ0) is 15.2. The van der Waals surface area contributed by atoms with Crippen LogP contribution in [0.15, 0.2) is 0 Å². The Kier molecular flexibility index (Phi) is 3.93. The summed E-state index contributed by atoms with van der Waals surface area (Å²) >= 11 is 0. The fourth-order valence-electron chi connectivity index (χ4n) is 4.37. The van der Waals surface area contributed by atoms with Crippen molar-refractivity contribution >= 4 is 5.91 Å². The minimum absolute atomic E-state index is 0.379. The molecule has 4 heteroatoms. The summed E-state index contributed by atoms with van der Waals surface area (Å²) in [6.07, 6.45) is 8.64. The molecule has 2 aliphatic heterocycles. The van der Waals surface area contributed by atoms with E-state index in [-0.39, 0.29) is 0 Å². The predicted octanol–water partition coefficient (Wildman–Crippen LogP) is 2.14. The van der Waals surface area contributed by atoms with Crippen LogP contribution >= 0.6 is 0 Å². The second kappa shape index (κ2) is 5.79. The van der Waals surface area contributed by atoms with Crippen molar-refractivity contribution in [2.75, 3.05) is 39.9 Å². The standard InChI is InChI=1S/C18H30N2O2/c1-19-13-18(10-16(19)12-22-11-14-2-3-14)6-8-20(9-7-18)17(21)15-4-5-15/h14-16H,2-13H2,1H3/t16-/m1/s1. The van der Waals surface area contributed by atoms with Gasteiger partial charge in [-0.1, -0.05) is 0 Å². The largest absolute Gasteiger partial charge is 0.380 e. The first kappa shape index (κ1) is 14.9. The van der Waals surface area contributed by atoms with E-state index in [4.69, 9.17) is 4.74 Å². The molecule has 0 unspecified atom stereocenters. The molecule has 1 amide bonds. The van der Waals surface area contributed by atoms with Crippen LogP contribution in [-0.4, -0.2) is 61.6 Å². The van der Waals surface area contributed by atoms with Crippen molar-refractivity contribution in [2.45, 2.75) is 51.0 Å². The molecule has 0 N–H and O–H groups in total. The van der Waals surface area contributed by atoms with Crippen LogP contribution < -0.4 is 0 Å². The number of hydrogen-bond donors (Lipinski definition) is 0. The van der Waals surface area contributed by atoms with Crippen LogP contribution in [0.3, 0.4) is 0 Å². The Morgan fingerprint density at radius 1 is 1.14 bits per heavy atom. The van der Waals surface area contributed by atoms with Crippen LogP contribution in [0.25, 0.3) is 0 Å². The normalized spacial score (nSPS) is 31.9. The van der Waals surface area contributed by atoms with E-state index in [2.05, 4.69) is 16.8 Å². The molecule has 1 spiro atoms. The maximum Gasteiger partial charge on any atom is 0.225 e. The molecule has 2 saturated heterocycles. The van der Waals surface area contributed by atoms with E-state index in [0.29, 0.717) is 23.3 Å². The van der Waals surface area contributed by atoms with Gasteiger partial charge in [-0.05, 0) is 63.3 Å². The number of rotatable bonds is 5. The lowest BCUT2D eigenvalue weighted by Crippen LogP contribution is -2.44. The van der Waals surface area contributed by atoms with Gasteiger partial charge in [0.25, 0.3) is 0 Å². The third kappa shape index (κ3) is 3.18. The minimum atomic E-state index is 0.379. The van der Waals surface area contributed by atoms with Gasteiger partial charge in [0.1, 0.15) is 0 Å². The molecule has 0 bridgehead atoms. The van der Waals surface area contributed by atoms with Crippen molar-refractivity contribution in [3.05, 3.63) is 0 Å². The van der Waals surface area contributed by atoms with Crippen LogP contribution in [0.4, 0.5) is 0 Å². The van der Waals surface area contributed by atoms with Crippen LogP contribution in [0.5, 0.6) is 0 Å². The molecule has 2 saturated carbocycles. The zero-order valence-corrected chi connectivity index (χ0v) is 13.9. The average molecular weight is 306 g/mol. The highest BCUT2D eigenvalue weighted by Crippen LogP contribution is 2.44. The maximum absolute atomic E-state index is 12.2. The van der Waals surface area contributed by atoms with Crippen molar-refractivity contribution in [1.82, 2.24) is 9.80 Å². The molecule has 4 rings (SSSR count). The molecule has 22 heavy (non-hydrogen) atoms. The molecule has 124 valence electrons. The van der Waals surface area contributed by atoms with Gasteiger partial charge in [0.15, 0.2) is 0 Å². The highest BCUT2D eigenvalue weighted by molar-refractivity contribution is 5.81. The zero-order valence-electron chi connectivity index (χ0n) is 13.9. The van der Waals surface area contributed by atoms with Gasteiger partial charge in [-0.3, -0.25) is 4.79 Å². The Bertz CT molecular complexity index is 423. The highest BCUT2D eigenvalue weighted by Gasteiger charge is 2.46. The summed E-state index contributed by atoms with van der Waals surface area (Å²) in [4.78, 5) is 16.8. The van der Waals surface area contributed by atoms with Gasteiger partial charge < -0.3 is 14.5 Å². The molecule has 4 fully saturated rings. The van der Waals surface area contributed by atoms with Gasteiger partial charge in [0, 0.05) is 38.2 Å². The Morgan fingerprint density at radius 3 is 2.50 bits per heavy atom. The summed E-state index contributed by atoms with van der Waals surface area (Å²) in [6.45, 7) is 5.04. The highest BCUT2D eigenvalue weighted by atomic mass is 16.5. The van der Waals surface area contributed by atoms with Crippen LogP contribution in [0.1, 0.15) is 44.9 Å². The van der Waals surface area contributed by atoms with Crippen LogP contribution in [-0.2, 0) is 9.53 Å². The van der Waals surface area contributed by atoms with Gasteiger partial charge >= 0.3 is 0 Å². The SMILES string of the molecule is CN1CC2(CCN(C(=O)C3CC3)CC2)C[C@@H]1COCC1CC1. The van der Waals surface area contributed by atoms with Crippen molar-refractivity contribution < 1.29 is 9.53 Å². The molecule has 2 aliphatic carbocycles. The summed E-state index contributed by atoms with van der Waals surface area (Å²) in [5, 5.41) is 0. The molecule has 4 aliphatic rings. The van der Waals surface area contributed by atoms with Gasteiger partial charge in [0.05, 0.1) is 6.61 Å². The summed E-state index contributed by atoms with van der Waals surface area (Å²) in [7, 11) is 2.25.